The van der Waals surface area contributed by atoms with Crippen LogP contribution in [0, 0.1) is 10.1 Å². The smallest absolute Gasteiger partial charge is 0.284 e. The third-order valence-corrected chi connectivity index (χ3v) is 4.37. The van der Waals surface area contributed by atoms with Crippen molar-refractivity contribution in [2.75, 3.05) is 32.8 Å². The summed E-state index contributed by atoms with van der Waals surface area (Å²) in [5, 5.41) is 15.7. The molecule has 28 heavy (non-hydrogen) atoms. The van der Waals surface area contributed by atoms with Crippen LogP contribution < -0.4 is 24.3 Å². The lowest BCUT2D eigenvalue weighted by Gasteiger charge is -2.19. The molecule has 9 nitrogen and oxygen atoms in total. The van der Waals surface area contributed by atoms with E-state index in [1.807, 2.05) is 0 Å². The average Bonchev–Trinajstić information content (AvgIpc) is 2.72. The Balaban J connectivity index is 1.86. The van der Waals surface area contributed by atoms with Crippen molar-refractivity contribution in [3.8, 4) is 23.0 Å². The molecule has 4 rings (SSSR count). The van der Waals surface area contributed by atoms with Gasteiger partial charge in [-0.25, -0.2) is 4.98 Å². The summed E-state index contributed by atoms with van der Waals surface area (Å²) in [5.74, 6) is 2.25. The van der Waals surface area contributed by atoms with Crippen LogP contribution >= 0.6 is 0 Å². The van der Waals surface area contributed by atoms with Crippen LogP contribution in [0.4, 0.5) is 17.2 Å². The van der Waals surface area contributed by atoms with Gasteiger partial charge in [0.1, 0.15) is 24.4 Å². The molecule has 144 valence electrons. The van der Waals surface area contributed by atoms with Crippen LogP contribution in [0.5, 0.6) is 23.0 Å². The molecule has 1 aromatic heterocycles. The summed E-state index contributed by atoms with van der Waals surface area (Å²) in [5.41, 5.74) is 0.522. The van der Waals surface area contributed by atoms with Gasteiger partial charge in [-0.05, 0) is 18.2 Å². The first-order valence-electron chi connectivity index (χ1n) is 8.47. The Morgan fingerprint density at radius 2 is 1.89 bits per heavy atom. The standard InChI is InChI=1S/C19H17N3O6/c1-25-16-10-13(22(23)24)17-12(18(16)26-2)5-6-20-19(17)21-11-3-4-14-15(9-11)28-8-7-27-14/h3-6,9-10H,7-8H2,1-2H3,(H,20,21). The average molecular weight is 383 g/mol. The van der Waals surface area contributed by atoms with Gasteiger partial charge in [-0.1, -0.05) is 0 Å². The second-order valence-corrected chi connectivity index (χ2v) is 5.95. The number of nitrogens with zero attached hydrogens (tertiary/aromatic N) is 2. The summed E-state index contributed by atoms with van der Waals surface area (Å²) in [4.78, 5) is 15.5. The highest BCUT2D eigenvalue weighted by atomic mass is 16.6. The predicted molar refractivity (Wildman–Crippen MR) is 102 cm³/mol. The maximum Gasteiger partial charge on any atom is 0.284 e. The third kappa shape index (κ3) is 2.96. The molecule has 3 aromatic rings. The van der Waals surface area contributed by atoms with Crippen LogP contribution in [0.2, 0.25) is 0 Å². The zero-order valence-corrected chi connectivity index (χ0v) is 15.2. The van der Waals surface area contributed by atoms with E-state index in [2.05, 4.69) is 10.3 Å². The number of pyridine rings is 1. The van der Waals surface area contributed by atoms with Crippen molar-refractivity contribution in [1.29, 1.82) is 0 Å². The number of methoxy groups -OCH3 is 2. The minimum absolute atomic E-state index is 0.138. The molecule has 0 fully saturated rings. The second-order valence-electron chi connectivity index (χ2n) is 5.95. The molecule has 0 atom stereocenters. The van der Waals surface area contributed by atoms with E-state index in [0.717, 1.165) is 0 Å². The molecule has 1 aliphatic heterocycles. The number of hydrogen-bond acceptors (Lipinski definition) is 8. The van der Waals surface area contributed by atoms with Gasteiger partial charge < -0.3 is 24.3 Å². The van der Waals surface area contributed by atoms with Crippen LogP contribution in [0.3, 0.4) is 0 Å². The molecule has 9 heteroatoms. The van der Waals surface area contributed by atoms with Crippen molar-refractivity contribution in [1.82, 2.24) is 4.98 Å². The van der Waals surface area contributed by atoms with E-state index >= 15 is 0 Å². The number of non-ortho nitro benzene ring substituents is 1. The minimum Gasteiger partial charge on any atom is -0.493 e. The molecule has 2 aromatic carbocycles. The maximum atomic E-state index is 11.7. The number of nitro benzene ring substituents is 1. The van der Waals surface area contributed by atoms with Gasteiger partial charge in [0, 0.05) is 23.3 Å². The number of rotatable bonds is 5. The molecular formula is C19H17N3O6. The zero-order chi connectivity index (χ0) is 19.7. The first-order chi connectivity index (χ1) is 13.6. The Hall–Kier alpha value is -3.75. The van der Waals surface area contributed by atoms with E-state index in [-0.39, 0.29) is 11.4 Å². The Bertz CT molecular complexity index is 1070. The number of fused-ring (bicyclic) bond motifs is 2. The monoisotopic (exact) mass is 383 g/mol. The molecule has 0 amide bonds. The number of aromatic nitrogens is 1. The SMILES string of the molecule is COc1cc([N+](=O)[O-])c2c(Nc3ccc4c(c3)OCCO4)nccc2c1OC. The third-order valence-electron chi connectivity index (χ3n) is 4.37. The lowest BCUT2D eigenvalue weighted by Crippen LogP contribution is -2.15. The molecule has 0 saturated carbocycles. The number of benzene rings is 2. The zero-order valence-electron chi connectivity index (χ0n) is 15.2. The van der Waals surface area contributed by atoms with Crippen molar-refractivity contribution in [3.05, 3.63) is 46.6 Å². The molecule has 1 N–H and O–H groups in total. The number of anilines is 2. The van der Waals surface area contributed by atoms with E-state index in [1.165, 1.54) is 20.3 Å². The van der Waals surface area contributed by atoms with Gasteiger partial charge in [0.15, 0.2) is 23.0 Å². The minimum atomic E-state index is -0.471. The highest BCUT2D eigenvalue weighted by molar-refractivity contribution is 6.05. The van der Waals surface area contributed by atoms with Crippen LogP contribution in [0.25, 0.3) is 10.8 Å². The topological polar surface area (TPSA) is 105 Å². The lowest BCUT2D eigenvalue weighted by atomic mass is 10.1. The normalized spacial score (nSPS) is 12.5. The van der Waals surface area contributed by atoms with Gasteiger partial charge in [0.2, 0.25) is 0 Å². The summed E-state index contributed by atoms with van der Waals surface area (Å²) in [6, 6.07) is 8.32. The van der Waals surface area contributed by atoms with Crippen molar-refractivity contribution < 1.29 is 23.9 Å². The molecule has 0 unspecified atom stereocenters. The predicted octanol–water partition coefficient (Wildman–Crippen LogP) is 3.68. The Morgan fingerprint density at radius 1 is 1.11 bits per heavy atom. The van der Waals surface area contributed by atoms with Gasteiger partial charge in [0.25, 0.3) is 5.69 Å². The van der Waals surface area contributed by atoms with Crippen LogP contribution in [-0.4, -0.2) is 37.3 Å². The highest BCUT2D eigenvalue weighted by Crippen LogP contribution is 2.44. The molecule has 0 spiro atoms. The molecule has 0 bridgehead atoms. The van der Waals surface area contributed by atoms with Gasteiger partial charge >= 0.3 is 0 Å². The van der Waals surface area contributed by atoms with E-state index in [4.69, 9.17) is 18.9 Å². The van der Waals surface area contributed by atoms with Gasteiger partial charge in [-0.2, -0.15) is 0 Å². The van der Waals surface area contributed by atoms with E-state index in [1.54, 1.807) is 30.5 Å². The molecule has 0 radical (unpaired) electrons. The van der Waals surface area contributed by atoms with E-state index in [9.17, 15) is 10.1 Å². The summed E-state index contributed by atoms with van der Waals surface area (Å²) < 4.78 is 21.8. The fourth-order valence-electron chi connectivity index (χ4n) is 3.16. The first-order valence-corrected chi connectivity index (χ1v) is 8.47. The molecule has 2 heterocycles. The van der Waals surface area contributed by atoms with E-state index < -0.39 is 4.92 Å². The van der Waals surface area contributed by atoms with Gasteiger partial charge in [-0.15, -0.1) is 0 Å². The lowest BCUT2D eigenvalue weighted by molar-refractivity contribution is -0.383. The number of nitrogens with one attached hydrogen (secondary N) is 1. The van der Waals surface area contributed by atoms with E-state index in [0.29, 0.717) is 52.7 Å². The summed E-state index contributed by atoms with van der Waals surface area (Å²) >= 11 is 0. The Kier molecular flexibility index (Phi) is 4.48. The van der Waals surface area contributed by atoms with Crippen LogP contribution in [0.1, 0.15) is 0 Å². The summed E-state index contributed by atoms with van der Waals surface area (Å²) in [6.07, 6.45) is 1.55. The first kappa shape index (κ1) is 17.7. The number of hydrogen-bond donors (Lipinski definition) is 1. The van der Waals surface area contributed by atoms with Crippen molar-refractivity contribution in [3.63, 3.8) is 0 Å². The largest absolute Gasteiger partial charge is 0.493 e. The maximum absolute atomic E-state index is 11.7. The van der Waals surface area contributed by atoms with Crippen LogP contribution in [-0.2, 0) is 0 Å². The fraction of sp³-hybridized carbons (Fsp3) is 0.211. The number of nitro groups is 1. The van der Waals surface area contributed by atoms with Crippen LogP contribution in [0.15, 0.2) is 36.5 Å². The highest BCUT2D eigenvalue weighted by Gasteiger charge is 2.24. The van der Waals surface area contributed by atoms with Gasteiger partial charge in [-0.3, -0.25) is 10.1 Å². The number of ether oxygens (including phenoxy) is 4. The van der Waals surface area contributed by atoms with Crippen molar-refractivity contribution in [2.45, 2.75) is 0 Å². The summed E-state index contributed by atoms with van der Waals surface area (Å²) in [7, 11) is 2.92. The Labute approximate surface area is 160 Å². The van der Waals surface area contributed by atoms with Gasteiger partial charge in [0.05, 0.1) is 25.2 Å². The summed E-state index contributed by atoms with van der Waals surface area (Å²) in [6.45, 7) is 0.962. The molecular weight excluding hydrogens is 366 g/mol. The quantitative estimate of drug-likeness (QED) is 0.525. The van der Waals surface area contributed by atoms with Crippen molar-refractivity contribution in [2.24, 2.45) is 0 Å². The second kappa shape index (κ2) is 7.10. The molecule has 0 aliphatic carbocycles. The molecule has 0 saturated heterocycles. The fourth-order valence-corrected chi connectivity index (χ4v) is 3.16. The Morgan fingerprint density at radius 3 is 2.61 bits per heavy atom. The van der Waals surface area contributed by atoms with Crippen molar-refractivity contribution >= 4 is 28.0 Å². The molecule has 1 aliphatic rings.